The van der Waals surface area contributed by atoms with E-state index in [1.165, 1.54) is 12.0 Å². The lowest BCUT2D eigenvalue weighted by molar-refractivity contribution is 0.376. The molecule has 0 heterocycles. The highest BCUT2D eigenvalue weighted by Gasteiger charge is 2.39. The Hall–Kier alpha value is -0.780. The number of hydrogen-bond donors (Lipinski definition) is 0. The number of hydrogen-bond acceptors (Lipinski definition) is 0. The van der Waals surface area contributed by atoms with Gasteiger partial charge in [0.25, 0.3) is 0 Å². The van der Waals surface area contributed by atoms with Gasteiger partial charge in [-0.2, -0.15) is 0 Å². The molecule has 0 amide bonds. The maximum Gasteiger partial charge on any atom is -0.00691 e. The molecular weight excluding hydrogens is 192 g/mol. The number of fused-ring (bicyclic) bond motifs is 1. The highest BCUT2D eigenvalue weighted by atomic mass is 14.4. The third-order valence-corrected chi connectivity index (χ3v) is 4.59. The maximum atomic E-state index is 2.41. The van der Waals surface area contributed by atoms with E-state index in [-0.39, 0.29) is 0 Å². The number of benzene rings is 1. The van der Waals surface area contributed by atoms with Gasteiger partial charge in [-0.25, -0.2) is 0 Å². The van der Waals surface area contributed by atoms with E-state index in [1.807, 2.05) is 0 Å². The molecule has 0 radical (unpaired) electrons. The van der Waals surface area contributed by atoms with E-state index in [0.29, 0.717) is 11.3 Å². The molecule has 1 aliphatic rings. The highest BCUT2D eigenvalue weighted by molar-refractivity contribution is 5.50. The monoisotopic (exact) mass is 216 g/mol. The van der Waals surface area contributed by atoms with Crippen molar-refractivity contribution in [2.75, 3.05) is 0 Å². The van der Waals surface area contributed by atoms with Crippen LogP contribution >= 0.6 is 0 Å². The summed E-state index contributed by atoms with van der Waals surface area (Å²) in [5, 5.41) is 0. The molecule has 1 unspecified atom stereocenters. The van der Waals surface area contributed by atoms with Crippen LogP contribution in [0.15, 0.2) is 12.1 Å². The van der Waals surface area contributed by atoms with Gasteiger partial charge in [-0.05, 0) is 52.8 Å². The average molecular weight is 216 g/mol. The first-order valence-electron chi connectivity index (χ1n) is 6.48. The van der Waals surface area contributed by atoms with Crippen LogP contribution in [0.25, 0.3) is 0 Å². The first-order chi connectivity index (χ1) is 7.35. The zero-order valence-electron chi connectivity index (χ0n) is 11.5. The molecule has 0 aliphatic heterocycles. The summed E-state index contributed by atoms with van der Waals surface area (Å²) in [4.78, 5) is 0. The van der Waals surface area contributed by atoms with Crippen LogP contribution in [0.5, 0.6) is 0 Å². The minimum Gasteiger partial charge on any atom is -0.0614 e. The van der Waals surface area contributed by atoms with Gasteiger partial charge in [-0.1, -0.05) is 46.8 Å². The summed E-state index contributed by atoms with van der Waals surface area (Å²) in [5.74, 6) is 1.40. The predicted octanol–water partition coefficient (Wildman–Crippen LogP) is 4.59. The van der Waals surface area contributed by atoms with Crippen molar-refractivity contribution >= 4 is 0 Å². The molecule has 0 aromatic heterocycles. The minimum atomic E-state index is 0.348. The third-order valence-electron chi connectivity index (χ3n) is 4.59. The van der Waals surface area contributed by atoms with Gasteiger partial charge in [0.2, 0.25) is 0 Å². The smallest absolute Gasteiger partial charge is 0.00691 e. The van der Waals surface area contributed by atoms with Gasteiger partial charge in [-0.3, -0.25) is 0 Å². The third kappa shape index (κ3) is 1.50. The molecule has 0 fully saturated rings. The molecule has 0 bridgehead atoms. The van der Waals surface area contributed by atoms with Gasteiger partial charge < -0.3 is 0 Å². The molecule has 0 nitrogen and oxygen atoms in total. The van der Waals surface area contributed by atoms with Gasteiger partial charge in [0.15, 0.2) is 0 Å². The van der Waals surface area contributed by atoms with Gasteiger partial charge in [0, 0.05) is 0 Å². The Morgan fingerprint density at radius 3 is 2.44 bits per heavy atom. The number of rotatable bonds is 1. The number of aryl methyl sites for hydroxylation is 1. The van der Waals surface area contributed by atoms with Gasteiger partial charge in [-0.15, -0.1) is 0 Å². The Bertz CT molecular complexity index is 410. The van der Waals surface area contributed by atoms with Gasteiger partial charge in [0.05, 0.1) is 0 Å². The van der Waals surface area contributed by atoms with Gasteiger partial charge >= 0.3 is 0 Å². The summed E-state index contributed by atoms with van der Waals surface area (Å²) in [5.41, 5.74) is 6.67. The highest BCUT2D eigenvalue weighted by Crippen LogP contribution is 2.47. The van der Waals surface area contributed by atoms with Crippen molar-refractivity contribution in [2.45, 2.75) is 59.3 Å². The molecule has 0 heteroatoms. The van der Waals surface area contributed by atoms with Crippen molar-refractivity contribution < 1.29 is 0 Å². The van der Waals surface area contributed by atoms with E-state index in [1.54, 1.807) is 16.7 Å². The molecular formula is C16H24. The van der Waals surface area contributed by atoms with Crippen LogP contribution in [-0.4, -0.2) is 0 Å². The molecule has 1 aromatic carbocycles. The Kier molecular flexibility index (Phi) is 2.64. The fourth-order valence-corrected chi connectivity index (χ4v) is 3.08. The molecule has 0 saturated carbocycles. The average Bonchev–Trinajstić information content (AvgIpc) is 2.41. The molecule has 1 aromatic rings. The van der Waals surface area contributed by atoms with E-state index in [9.17, 15) is 0 Å². The van der Waals surface area contributed by atoms with Crippen molar-refractivity contribution in [2.24, 2.45) is 5.92 Å². The predicted molar refractivity (Wildman–Crippen MR) is 71.2 cm³/mol. The maximum absolute atomic E-state index is 2.41. The zero-order valence-corrected chi connectivity index (χ0v) is 11.5. The Morgan fingerprint density at radius 1 is 1.25 bits per heavy atom. The van der Waals surface area contributed by atoms with Crippen LogP contribution in [0.2, 0.25) is 0 Å². The van der Waals surface area contributed by atoms with Crippen molar-refractivity contribution in [1.29, 1.82) is 0 Å². The van der Waals surface area contributed by atoms with E-state index < -0.39 is 0 Å². The molecule has 0 N–H and O–H groups in total. The second-order valence-electron chi connectivity index (χ2n) is 6.31. The lowest BCUT2D eigenvalue weighted by Gasteiger charge is -2.28. The first-order valence-corrected chi connectivity index (χ1v) is 6.48. The summed E-state index contributed by atoms with van der Waals surface area (Å²) < 4.78 is 0. The second kappa shape index (κ2) is 3.61. The molecule has 0 saturated heterocycles. The summed E-state index contributed by atoms with van der Waals surface area (Å²) in [6.07, 6.45) is 1.26. The van der Waals surface area contributed by atoms with Crippen LogP contribution in [0.3, 0.4) is 0 Å². The standard InChI is InChI=1S/C16H24/c1-10(2)13-8-7-11(3)14-9-12(4)16(5,6)15(13)14/h7-8,10,12H,9H2,1-6H3. The molecule has 2 rings (SSSR count). The van der Waals surface area contributed by atoms with Crippen molar-refractivity contribution in [3.8, 4) is 0 Å². The fraction of sp³-hybridized carbons (Fsp3) is 0.625. The summed E-state index contributed by atoms with van der Waals surface area (Å²) in [6.45, 7) is 14.1. The molecule has 0 spiro atoms. The normalized spacial score (nSPS) is 22.6. The molecule has 88 valence electrons. The lowest BCUT2D eigenvalue weighted by atomic mass is 9.76. The topological polar surface area (TPSA) is 0 Å². The van der Waals surface area contributed by atoms with Crippen LogP contribution in [0.4, 0.5) is 0 Å². The Balaban J connectivity index is 2.69. The SMILES string of the molecule is Cc1ccc(C(C)C)c2c1CC(C)C2(C)C. The fourth-order valence-electron chi connectivity index (χ4n) is 3.08. The molecule has 16 heavy (non-hydrogen) atoms. The largest absolute Gasteiger partial charge is 0.0614 e. The van der Waals surface area contributed by atoms with E-state index in [4.69, 9.17) is 0 Å². The van der Waals surface area contributed by atoms with Crippen LogP contribution in [0, 0.1) is 12.8 Å². The molecule has 1 aliphatic carbocycles. The second-order valence-corrected chi connectivity index (χ2v) is 6.31. The van der Waals surface area contributed by atoms with E-state index >= 15 is 0 Å². The van der Waals surface area contributed by atoms with Crippen LogP contribution < -0.4 is 0 Å². The van der Waals surface area contributed by atoms with E-state index in [2.05, 4.69) is 53.7 Å². The van der Waals surface area contributed by atoms with Gasteiger partial charge in [0.1, 0.15) is 0 Å². The zero-order chi connectivity index (χ0) is 12.1. The van der Waals surface area contributed by atoms with Crippen molar-refractivity contribution in [3.05, 3.63) is 34.4 Å². The minimum absolute atomic E-state index is 0.348. The quantitative estimate of drug-likeness (QED) is 0.644. The Morgan fingerprint density at radius 2 is 1.88 bits per heavy atom. The van der Waals surface area contributed by atoms with Crippen LogP contribution in [0.1, 0.15) is 62.8 Å². The van der Waals surface area contributed by atoms with Crippen molar-refractivity contribution in [3.63, 3.8) is 0 Å². The summed E-state index contributed by atoms with van der Waals surface area (Å²) in [7, 11) is 0. The lowest BCUT2D eigenvalue weighted by Crippen LogP contribution is -2.23. The van der Waals surface area contributed by atoms with Crippen LogP contribution in [-0.2, 0) is 11.8 Å². The first kappa shape index (κ1) is 11.7. The summed E-state index contributed by atoms with van der Waals surface area (Å²) >= 11 is 0. The molecule has 1 atom stereocenters. The van der Waals surface area contributed by atoms with Crippen molar-refractivity contribution in [1.82, 2.24) is 0 Å². The summed E-state index contributed by atoms with van der Waals surface area (Å²) in [6, 6.07) is 4.65. The van der Waals surface area contributed by atoms with E-state index in [0.717, 1.165) is 5.92 Å². The Labute approximate surface area is 100 Å².